The van der Waals surface area contributed by atoms with Crippen LogP contribution in [0.25, 0.3) is 0 Å². The Hall–Kier alpha value is -1.89. The van der Waals surface area contributed by atoms with Crippen LogP contribution in [0.3, 0.4) is 0 Å². The maximum Gasteiger partial charge on any atom is 0.326 e. The van der Waals surface area contributed by atoms with Gasteiger partial charge in [-0.15, -0.1) is 0 Å². The van der Waals surface area contributed by atoms with Crippen LogP contribution in [-0.2, 0) is 14.4 Å². The van der Waals surface area contributed by atoms with Crippen molar-refractivity contribution in [2.24, 2.45) is 50.2 Å². The molecule has 1 unspecified atom stereocenters. The smallest absolute Gasteiger partial charge is 0.326 e. The zero-order chi connectivity index (χ0) is 31.1. The molecule has 1 amide bonds. The van der Waals surface area contributed by atoms with Crippen molar-refractivity contribution in [1.82, 2.24) is 5.32 Å². The second-order valence-electron chi connectivity index (χ2n) is 17.0. The highest BCUT2D eigenvalue weighted by Crippen LogP contribution is 2.75. The van der Waals surface area contributed by atoms with Gasteiger partial charge in [-0.2, -0.15) is 0 Å². The SMILES string of the molecule is CC1(C)CC[C@]2(C(=O)NC(CCC(=O)O)C(=O)O)CC[C@]3(C)C(=CC[C@@H]4[C@@]5(C)CC[C@H](O)C(C)(C)[C@@H]5CC[C@]43C)[C@@H]2C1. The summed E-state index contributed by atoms with van der Waals surface area (Å²) in [6.07, 6.45) is 11.1. The first-order valence-corrected chi connectivity index (χ1v) is 16.5. The van der Waals surface area contributed by atoms with Crippen LogP contribution in [0.2, 0.25) is 0 Å². The van der Waals surface area contributed by atoms with Gasteiger partial charge in [0, 0.05) is 6.42 Å². The van der Waals surface area contributed by atoms with Gasteiger partial charge in [-0.3, -0.25) is 9.59 Å². The number of hydrogen-bond acceptors (Lipinski definition) is 4. The molecular weight excluding hydrogens is 530 g/mol. The summed E-state index contributed by atoms with van der Waals surface area (Å²) in [4.78, 5) is 37.5. The first-order valence-electron chi connectivity index (χ1n) is 16.5. The van der Waals surface area contributed by atoms with Crippen LogP contribution in [0.1, 0.15) is 126 Å². The normalized spacial score (nSPS) is 44.2. The van der Waals surface area contributed by atoms with Crippen LogP contribution in [0.15, 0.2) is 11.6 Å². The Balaban J connectivity index is 1.52. The lowest BCUT2D eigenvalue weighted by Crippen LogP contribution is -2.65. The molecule has 4 saturated carbocycles. The Bertz CT molecular complexity index is 1170. The minimum atomic E-state index is -1.20. The van der Waals surface area contributed by atoms with Gasteiger partial charge in [0.15, 0.2) is 0 Å². The number of carboxylic acid groups (broad SMARTS) is 2. The van der Waals surface area contributed by atoms with E-state index in [1.54, 1.807) is 0 Å². The molecule has 0 aliphatic heterocycles. The van der Waals surface area contributed by atoms with Crippen molar-refractivity contribution in [2.45, 2.75) is 138 Å². The first kappa shape index (κ1) is 31.5. The molecule has 4 N–H and O–H groups in total. The van der Waals surface area contributed by atoms with E-state index < -0.39 is 23.4 Å². The topological polar surface area (TPSA) is 124 Å². The first-order chi connectivity index (χ1) is 19.3. The number of rotatable bonds is 6. The van der Waals surface area contributed by atoms with E-state index in [0.717, 1.165) is 64.2 Å². The maximum atomic E-state index is 14.2. The number of fused-ring (bicyclic) bond motifs is 7. The lowest BCUT2D eigenvalue weighted by atomic mass is 9.33. The summed E-state index contributed by atoms with van der Waals surface area (Å²) in [5, 5.41) is 32.8. The monoisotopic (exact) mass is 585 g/mol. The van der Waals surface area contributed by atoms with Crippen LogP contribution < -0.4 is 5.32 Å². The highest BCUT2D eigenvalue weighted by molar-refractivity contribution is 5.88. The zero-order valence-corrected chi connectivity index (χ0v) is 27.0. The van der Waals surface area contributed by atoms with Crippen LogP contribution in [-0.4, -0.2) is 45.3 Å². The van der Waals surface area contributed by atoms with E-state index in [-0.39, 0.29) is 57.8 Å². The summed E-state index contributed by atoms with van der Waals surface area (Å²) < 4.78 is 0. The summed E-state index contributed by atoms with van der Waals surface area (Å²) >= 11 is 0. The van der Waals surface area contributed by atoms with Gasteiger partial charge in [0.2, 0.25) is 5.91 Å². The van der Waals surface area contributed by atoms with Gasteiger partial charge in [0.1, 0.15) is 6.04 Å². The Labute approximate surface area is 252 Å². The van der Waals surface area contributed by atoms with Gasteiger partial charge in [0.05, 0.1) is 11.5 Å². The molecule has 4 fully saturated rings. The predicted molar refractivity (Wildman–Crippen MR) is 161 cm³/mol. The molecule has 0 spiro atoms. The van der Waals surface area contributed by atoms with Crippen molar-refractivity contribution in [3.05, 3.63) is 11.6 Å². The van der Waals surface area contributed by atoms with Gasteiger partial charge in [-0.25, -0.2) is 4.79 Å². The molecule has 0 heterocycles. The number of amides is 1. The van der Waals surface area contributed by atoms with Crippen molar-refractivity contribution >= 4 is 17.8 Å². The third kappa shape index (κ3) is 4.49. The van der Waals surface area contributed by atoms with Crippen molar-refractivity contribution in [3.63, 3.8) is 0 Å². The van der Waals surface area contributed by atoms with E-state index in [1.807, 2.05) is 0 Å². The number of carbonyl (C=O) groups excluding carboxylic acids is 1. The number of hydrogen-bond donors (Lipinski definition) is 4. The summed E-state index contributed by atoms with van der Waals surface area (Å²) in [5.74, 6) is -1.40. The van der Waals surface area contributed by atoms with E-state index in [4.69, 9.17) is 5.11 Å². The predicted octanol–water partition coefficient (Wildman–Crippen LogP) is 6.58. The number of carboxylic acids is 2. The Morgan fingerprint density at radius 1 is 0.905 bits per heavy atom. The van der Waals surface area contributed by atoms with Crippen molar-refractivity contribution in [2.75, 3.05) is 0 Å². The molecule has 9 atom stereocenters. The number of carbonyl (C=O) groups is 3. The second-order valence-corrected chi connectivity index (χ2v) is 17.0. The van der Waals surface area contributed by atoms with E-state index in [0.29, 0.717) is 11.8 Å². The summed E-state index contributed by atoms with van der Waals surface area (Å²) in [6, 6.07) is -1.20. The number of allylic oxidation sites excluding steroid dienone is 2. The van der Waals surface area contributed by atoms with E-state index in [1.165, 1.54) is 5.57 Å². The second kappa shape index (κ2) is 10.1. The highest BCUT2D eigenvalue weighted by atomic mass is 16.4. The third-order valence-electron chi connectivity index (χ3n) is 14.3. The molecule has 5 rings (SSSR count). The van der Waals surface area contributed by atoms with Crippen molar-refractivity contribution in [1.29, 1.82) is 0 Å². The highest BCUT2D eigenvalue weighted by Gasteiger charge is 2.69. The van der Waals surface area contributed by atoms with Gasteiger partial charge in [-0.05, 0) is 115 Å². The molecule has 42 heavy (non-hydrogen) atoms. The molecule has 7 nitrogen and oxygen atoms in total. The van der Waals surface area contributed by atoms with Gasteiger partial charge in [-0.1, -0.05) is 60.1 Å². The van der Waals surface area contributed by atoms with E-state index in [2.05, 4.69) is 59.9 Å². The molecule has 0 bridgehead atoms. The Kier molecular flexibility index (Phi) is 7.56. The Morgan fingerprint density at radius 2 is 1.57 bits per heavy atom. The number of aliphatic hydroxyl groups excluding tert-OH is 1. The number of aliphatic hydroxyl groups is 1. The van der Waals surface area contributed by atoms with Crippen LogP contribution in [0.5, 0.6) is 0 Å². The lowest BCUT2D eigenvalue weighted by Gasteiger charge is -2.71. The average molecular weight is 586 g/mol. The molecule has 0 radical (unpaired) electrons. The zero-order valence-electron chi connectivity index (χ0n) is 27.0. The van der Waals surface area contributed by atoms with Gasteiger partial charge >= 0.3 is 11.9 Å². The molecule has 5 aliphatic carbocycles. The fraction of sp³-hybridized carbons (Fsp3) is 0.857. The summed E-state index contributed by atoms with van der Waals surface area (Å²) in [6.45, 7) is 16.6. The fourth-order valence-electron chi connectivity index (χ4n) is 11.5. The number of nitrogens with one attached hydrogen (secondary N) is 1. The standard InChI is InChI=1S/C35H55NO6/c1-30(2)16-18-35(29(42)36-23(28(40)41)9-11-27(38)39)19-17-33(6)21(22(35)20-30)8-10-25-32(5)14-13-26(37)31(3,4)24(32)12-15-34(25,33)7/h8,22-26,37H,9-20H2,1-7H3,(H,36,42)(H,38,39)(H,40,41)/t22-,23?,24-,25+,26-,32-,33+,34+,35-/m0/s1. The lowest BCUT2D eigenvalue weighted by molar-refractivity contribution is -0.203. The molecule has 0 aromatic rings. The number of aliphatic carboxylic acids is 2. The maximum absolute atomic E-state index is 14.2. The molecule has 7 heteroatoms. The van der Waals surface area contributed by atoms with Crippen LogP contribution in [0.4, 0.5) is 0 Å². The van der Waals surface area contributed by atoms with Crippen LogP contribution >= 0.6 is 0 Å². The van der Waals surface area contributed by atoms with Gasteiger partial charge in [0.25, 0.3) is 0 Å². The molecule has 0 saturated heterocycles. The van der Waals surface area contributed by atoms with E-state index >= 15 is 0 Å². The summed E-state index contributed by atoms with van der Waals surface area (Å²) in [5.41, 5.74) is 0.903. The summed E-state index contributed by atoms with van der Waals surface area (Å²) in [7, 11) is 0. The average Bonchev–Trinajstić information content (AvgIpc) is 2.88. The molecular formula is C35H55NO6. The molecule has 236 valence electrons. The minimum absolute atomic E-state index is 0.0434. The van der Waals surface area contributed by atoms with Crippen molar-refractivity contribution < 1.29 is 29.7 Å². The quantitative estimate of drug-likeness (QED) is 0.261. The Morgan fingerprint density at radius 3 is 2.21 bits per heavy atom. The largest absolute Gasteiger partial charge is 0.481 e. The van der Waals surface area contributed by atoms with Gasteiger partial charge < -0.3 is 20.6 Å². The minimum Gasteiger partial charge on any atom is -0.481 e. The van der Waals surface area contributed by atoms with Crippen LogP contribution in [0, 0.1) is 50.2 Å². The third-order valence-corrected chi connectivity index (χ3v) is 14.3. The molecule has 0 aromatic carbocycles. The molecule has 5 aliphatic rings. The molecule has 0 aromatic heterocycles. The van der Waals surface area contributed by atoms with Crippen molar-refractivity contribution in [3.8, 4) is 0 Å². The fourth-order valence-corrected chi connectivity index (χ4v) is 11.5. The van der Waals surface area contributed by atoms with E-state index in [9.17, 15) is 24.6 Å².